The van der Waals surface area contributed by atoms with Crippen LogP contribution in [0.15, 0.2) is 52.6 Å². The van der Waals surface area contributed by atoms with Crippen molar-refractivity contribution in [1.29, 1.82) is 0 Å². The Morgan fingerprint density at radius 2 is 1.93 bits per heavy atom. The van der Waals surface area contributed by atoms with Gasteiger partial charge in [-0.2, -0.15) is 0 Å². The minimum Gasteiger partial charge on any atom is -0.355 e. The van der Waals surface area contributed by atoms with E-state index in [9.17, 15) is 18.0 Å². The average Bonchev–Trinajstić information content (AvgIpc) is 3.55. The molecule has 1 fully saturated rings. The summed E-state index contributed by atoms with van der Waals surface area (Å²) in [5.74, 6) is 0.0409. The van der Waals surface area contributed by atoms with Crippen LogP contribution in [0, 0.1) is 0 Å². The van der Waals surface area contributed by atoms with Crippen molar-refractivity contribution in [3.05, 3.63) is 59.3 Å². The van der Waals surface area contributed by atoms with Crippen LogP contribution in [0.1, 0.15) is 28.8 Å². The number of rotatable bonds is 5. The third kappa shape index (κ3) is 4.24. The number of fused-ring (bicyclic) bond motifs is 1. The largest absolute Gasteiger partial charge is 0.355 e. The van der Waals surface area contributed by atoms with Crippen molar-refractivity contribution in [1.82, 2.24) is 15.1 Å². The summed E-state index contributed by atoms with van der Waals surface area (Å²) in [4.78, 5) is 28.4. The monoisotopic (exact) mass is 414 g/mol. The third-order valence-electron chi connectivity index (χ3n) is 5.12. The van der Waals surface area contributed by atoms with Gasteiger partial charge in [0.25, 0.3) is 21.8 Å². The molecule has 0 atom stereocenters. The first-order valence-electron chi connectivity index (χ1n) is 9.47. The van der Waals surface area contributed by atoms with Crippen LogP contribution in [0.3, 0.4) is 0 Å². The van der Waals surface area contributed by atoms with Gasteiger partial charge in [0.1, 0.15) is 5.84 Å². The van der Waals surface area contributed by atoms with Crippen LogP contribution < -0.4 is 5.32 Å². The smallest absolute Gasteiger partial charge is 0.256 e. The van der Waals surface area contributed by atoms with Crippen LogP contribution >= 0.6 is 0 Å². The molecule has 152 valence electrons. The molecular weight excluding hydrogens is 392 g/mol. The molecule has 8 nitrogen and oxygen atoms in total. The van der Waals surface area contributed by atoms with E-state index in [2.05, 4.69) is 9.71 Å². The molecule has 1 aromatic rings. The molecule has 1 N–H and O–H groups in total. The maximum atomic E-state index is 13.2. The number of nitrogens with one attached hydrogen (secondary N) is 1. The number of hydrogen-bond acceptors (Lipinski definition) is 5. The van der Waals surface area contributed by atoms with E-state index in [4.69, 9.17) is 0 Å². The number of amidine groups is 1. The van der Waals surface area contributed by atoms with Crippen LogP contribution in [0.5, 0.6) is 0 Å². The lowest BCUT2D eigenvalue weighted by molar-refractivity contribution is -0.128. The van der Waals surface area contributed by atoms with Crippen molar-refractivity contribution in [2.24, 2.45) is 4.40 Å². The van der Waals surface area contributed by atoms with Crippen LogP contribution in [-0.2, 0) is 21.4 Å². The standard InChI is InChI=1S/C20H22N4O4S/c1-21-19(25)15-4-2-14(3-5-15)12-24(17-7-8-17)20(26)16-6-9-18-22-29(27,28)11-10-23(18)13-16/h2-6,9,13,17H,7-8,10-12H2,1H3,(H,21,25). The molecule has 0 spiro atoms. The second kappa shape index (κ2) is 7.47. The lowest BCUT2D eigenvalue weighted by Gasteiger charge is -2.29. The van der Waals surface area contributed by atoms with Crippen molar-refractivity contribution in [2.45, 2.75) is 25.4 Å². The maximum absolute atomic E-state index is 13.2. The van der Waals surface area contributed by atoms with Crippen molar-refractivity contribution >= 4 is 27.7 Å². The second-order valence-electron chi connectivity index (χ2n) is 7.29. The Hall–Kier alpha value is -2.94. The van der Waals surface area contributed by atoms with Crippen molar-refractivity contribution < 1.29 is 18.0 Å². The molecule has 9 heteroatoms. The highest BCUT2D eigenvalue weighted by Crippen LogP contribution is 2.30. The summed E-state index contributed by atoms with van der Waals surface area (Å²) in [7, 11) is -1.83. The quantitative estimate of drug-likeness (QED) is 0.776. The molecule has 4 rings (SSSR count). The summed E-state index contributed by atoms with van der Waals surface area (Å²) < 4.78 is 27.0. The minimum absolute atomic E-state index is 0.0632. The molecule has 2 amide bonds. The zero-order valence-electron chi connectivity index (χ0n) is 16.0. The Morgan fingerprint density at radius 1 is 1.21 bits per heavy atom. The molecule has 29 heavy (non-hydrogen) atoms. The fourth-order valence-electron chi connectivity index (χ4n) is 3.35. The number of benzene rings is 1. The molecule has 1 aromatic carbocycles. The van der Waals surface area contributed by atoms with Crippen molar-refractivity contribution in [3.8, 4) is 0 Å². The maximum Gasteiger partial charge on any atom is 0.256 e. The van der Waals surface area contributed by atoms with Gasteiger partial charge in [-0.15, -0.1) is 4.40 Å². The van der Waals surface area contributed by atoms with Gasteiger partial charge in [-0.1, -0.05) is 12.1 Å². The lowest BCUT2D eigenvalue weighted by Crippen LogP contribution is -2.39. The topological polar surface area (TPSA) is 99.1 Å². The van der Waals surface area contributed by atoms with Gasteiger partial charge in [0, 0.05) is 37.9 Å². The van der Waals surface area contributed by atoms with Crippen LogP contribution in [0.4, 0.5) is 0 Å². The highest BCUT2D eigenvalue weighted by Gasteiger charge is 2.34. The predicted octanol–water partition coefficient (Wildman–Crippen LogP) is 1.03. The number of sulfonamides is 1. The predicted molar refractivity (Wildman–Crippen MR) is 109 cm³/mol. The van der Waals surface area contributed by atoms with Crippen LogP contribution in [0.25, 0.3) is 0 Å². The summed E-state index contributed by atoms with van der Waals surface area (Å²) in [5.41, 5.74) is 2.03. The van der Waals surface area contributed by atoms with Gasteiger partial charge < -0.3 is 15.1 Å². The Bertz CT molecular complexity index is 1040. The van der Waals surface area contributed by atoms with Gasteiger partial charge in [0.2, 0.25) is 0 Å². The van der Waals surface area contributed by atoms with Gasteiger partial charge in [-0.3, -0.25) is 9.59 Å². The van der Waals surface area contributed by atoms with Crippen LogP contribution in [-0.4, -0.2) is 61.3 Å². The van der Waals surface area contributed by atoms with Gasteiger partial charge in [0.15, 0.2) is 0 Å². The number of carbonyl (C=O) groups excluding carboxylic acids is 2. The van der Waals surface area contributed by atoms with E-state index >= 15 is 0 Å². The van der Waals surface area contributed by atoms with E-state index in [0.717, 1.165) is 18.4 Å². The number of nitrogens with zero attached hydrogens (tertiary/aromatic N) is 3. The molecule has 0 aromatic heterocycles. The number of hydrogen-bond donors (Lipinski definition) is 1. The Kier molecular flexibility index (Phi) is 4.99. The fraction of sp³-hybridized carbons (Fsp3) is 0.350. The highest BCUT2D eigenvalue weighted by molar-refractivity contribution is 7.90. The normalized spacial score (nSPS) is 19.7. The van der Waals surface area contributed by atoms with Gasteiger partial charge in [0.05, 0.1) is 11.3 Å². The molecule has 3 aliphatic rings. The summed E-state index contributed by atoms with van der Waals surface area (Å²) in [6, 6.07) is 7.42. The first-order chi connectivity index (χ1) is 13.9. The second-order valence-corrected chi connectivity index (χ2v) is 9.04. The minimum atomic E-state index is -3.42. The molecule has 0 unspecified atom stereocenters. The van der Waals surface area contributed by atoms with E-state index < -0.39 is 10.0 Å². The highest BCUT2D eigenvalue weighted by atomic mass is 32.2. The zero-order chi connectivity index (χ0) is 20.6. The van der Waals surface area contributed by atoms with Gasteiger partial charge in [-0.25, -0.2) is 8.42 Å². The van der Waals surface area contributed by atoms with E-state index in [1.54, 1.807) is 42.4 Å². The fourth-order valence-corrected chi connectivity index (χ4v) is 4.32. The Balaban J connectivity index is 1.51. The number of carbonyl (C=O) groups is 2. The molecular formula is C20H22N4O4S. The van der Waals surface area contributed by atoms with E-state index in [1.165, 1.54) is 0 Å². The molecule has 0 saturated heterocycles. The zero-order valence-corrected chi connectivity index (χ0v) is 16.9. The van der Waals surface area contributed by atoms with E-state index in [-0.39, 0.29) is 30.2 Å². The Morgan fingerprint density at radius 3 is 2.59 bits per heavy atom. The van der Waals surface area contributed by atoms with Crippen molar-refractivity contribution in [2.75, 3.05) is 19.3 Å². The van der Waals surface area contributed by atoms with Crippen LogP contribution in [0.2, 0.25) is 0 Å². The van der Waals surface area contributed by atoms with Crippen molar-refractivity contribution in [3.63, 3.8) is 0 Å². The molecule has 2 aliphatic heterocycles. The summed E-state index contributed by atoms with van der Waals surface area (Å²) >= 11 is 0. The molecule has 1 aliphatic carbocycles. The molecule has 2 heterocycles. The summed E-state index contributed by atoms with van der Waals surface area (Å²) in [6.07, 6.45) is 6.82. The first kappa shape index (κ1) is 19.4. The third-order valence-corrected chi connectivity index (χ3v) is 6.28. The number of amides is 2. The molecule has 0 bridgehead atoms. The lowest BCUT2D eigenvalue weighted by atomic mass is 10.1. The average molecular weight is 414 g/mol. The molecule has 0 radical (unpaired) electrons. The summed E-state index contributed by atoms with van der Waals surface area (Å²) in [5, 5.41) is 2.59. The Labute approximate surface area is 169 Å². The van der Waals surface area contributed by atoms with Gasteiger partial charge in [-0.05, 0) is 42.7 Å². The SMILES string of the molecule is CNC(=O)c1ccc(CN(C(=O)C2=CN3CCS(=O)(=O)N=C3C=C2)C2CC2)cc1. The van der Waals surface area contributed by atoms with E-state index in [0.29, 0.717) is 23.5 Å². The van der Waals surface area contributed by atoms with Gasteiger partial charge >= 0.3 is 0 Å². The van der Waals surface area contributed by atoms with E-state index in [1.807, 2.05) is 17.0 Å². The first-order valence-corrected chi connectivity index (χ1v) is 11.1. The summed E-state index contributed by atoms with van der Waals surface area (Å²) in [6.45, 7) is 0.741. The molecule has 1 saturated carbocycles.